The van der Waals surface area contributed by atoms with Gasteiger partial charge in [-0.25, -0.2) is 0 Å². The molecular formula is C13H11Cl2O. The van der Waals surface area contributed by atoms with E-state index in [0.717, 1.165) is 17.6 Å². The molecule has 1 aliphatic rings. The number of ether oxygens (including phenoxy) is 1. The first-order valence-corrected chi connectivity index (χ1v) is 5.72. The SMILES string of the molecule is COc1c(C2=CC=CC[CH]2)ccc(Cl)c1Cl. The van der Waals surface area contributed by atoms with E-state index >= 15 is 0 Å². The second-order valence-corrected chi connectivity index (χ2v) is 4.22. The minimum Gasteiger partial charge on any atom is -0.494 e. The lowest BCUT2D eigenvalue weighted by Gasteiger charge is -2.15. The molecule has 0 unspecified atom stereocenters. The van der Waals surface area contributed by atoms with Gasteiger partial charge >= 0.3 is 0 Å². The largest absolute Gasteiger partial charge is 0.494 e. The molecular weight excluding hydrogens is 243 g/mol. The summed E-state index contributed by atoms with van der Waals surface area (Å²) >= 11 is 12.0. The maximum Gasteiger partial charge on any atom is 0.146 e. The number of allylic oxidation sites excluding steroid dienone is 4. The molecule has 0 amide bonds. The zero-order chi connectivity index (χ0) is 11.5. The highest BCUT2D eigenvalue weighted by atomic mass is 35.5. The average Bonchev–Trinajstić information content (AvgIpc) is 2.33. The molecule has 83 valence electrons. The lowest BCUT2D eigenvalue weighted by Crippen LogP contribution is -1.95. The van der Waals surface area contributed by atoms with Crippen molar-refractivity contribution in [2.75, 3.05) is 7.11 Å². The van der Waals surface area contributed by atoms with Crippen LogP contribution in [0.1, 0.15) is 12.0 Å². The van der Waals surface area contributed by atoms with E-state index in [1.54, 1.807) is 13.2 Å². The molecule has 0 saturated carbocycles. The Hall–Kier alpha value is -0.920. The van der Waals surface area contributed by atoms with Crippen LogP contribution in [0.5, 0.6) is 5.75 Å². The molecule has 1 radical (unpaired) electrons. The minimum atomic E-state index is 0.463. The molecule has 0 saturated heterocycles. The number of hydrogen-bond donors (Lipinski definition) is 0. The van der Waals surface area contributed by atoms with Crippen molar-refractivity contribution in [3.63, 3.8) is 0 Å². The van der Waals surface area contributed by atoms with Crippen LogP contribution in [-0.4, -0.2) is 7.11 Å². The summed E-state index contributed by atoms with van der Waals surface area (Å²) in [7, 11) is 1.60. The van der Waals surface area contributed by atoms with E-state index in [1.165, 1.54) is 0 Å². The van der Waals surface area contributed by atoms with Gasteiger partial charge in [-0.2, -0.15) is 0 Å². The fraction of sp³-hybridized carbons (Fsp3) is 0.154. The van der Waals surface area contributed by atoms with E-state index in [-0.39, 0.29) is 0 Å². The predicted octanol–water partition coefficient (Wildman–Crippen LogP) is 4.55. The first-order chi connectivity index (χ1) is 7.74. The maximum absolute atomic E-state index is 6.10. The van der Waals surface area contributed by atoms with E-state index in [9.17, 15) is 0 Å². The summed E-state index contributed by atoms with van der Waals surface area (Å²) in [6, 6.07) is 3.71. The highest BCUT2D eigenvalue weighted by Crippen LogP contribution is 2.39. The zero-order valence-corrected chi connectivity index (χ0v) is 10.3. The fourth-order valence-electron chi connectivity index (χ4n) is 1.67. The van der Waals surface area contributed by atoms with Crippen LogP contribution in [0.4, 0.5) is 0 Å². The van der Waals surface area contributed by atoms with Crippen LogP contribution in [0.3, 0.4) is 0 Å². The summed E-state index contributed by atoms with van der Waals surface area (Å²) in [6.07, 6.45) is 9.20. The highest BCUT2D eigenvalue weighted by Gasteiger charge is 2.14. The molecule has 0 atom stereocenters. The van der Waals surface area contributed by atoms with Crippen LogP contribution in [0.2, 0.25) is 10.0 Å². The summed E-state index contributed by atoms with van der Waals surface area (Å²) in [5.41, 5.74) is 2.08. The van der Waals surface area contributed by atoms with Crippen molar-refractivity contribution in [2.24, 2.45) is 0 Å². The van der Waals surface area contributed by atoms with E-state index in [0.29, 0.717) is 15.8 Å². The summed E-state index contributed by atoms with van der Waals surface area (Å²) in [5, 5.41) is 0.972. The summed E-state index contributed by atoms with van der Waals surface area (Å²) in [4.78, 5) is 0. The Morgan fingerprint density at radius 1 is 1.25 bits per heavy atom. The lowest BCUT2D eigenvalue weighted by atomic mass is 9.97. The third-order valence-corrected chi connectivity index (χ3v) is 3.24. The van der Waals surface area contributed by atoms with Crippen molar-refractivity contribution in [1.29, 1.82) is 0 Å². The number of benzene rings is 1. The van der Waals surface area contributed by atoms with Gasteiger partial charge in [-0.3, -0.25) is 0 Å². The molecule has 0 aliphatic heterocycles. The molecule has 3 heteroatoms. The van der Waals surface area contributed by atoms with Gasteiger partial charge in [0.15, 0.2) is 0 Å². The Balaban J connectivity index is 2.52. The standard InChI is InChI=1S/C13H11Cl2O/c1-16-13-10(7-8-11(14)12(13)15)9-5-3-2-4-6-9/h2-3,5-8H,4H2,1H3. The molecule has 1 aromatic carbocycles. The van der Waals surface area contributed by atoms with Gasteiger partial charge in [0, 0.05) is 5.56 Å². The molecule has 0 N–H and O–H groups in total. The predicted molar refractivity (Wildman–Crippen MR) is 69.0 cm³/mol. The molecule has 16 heavy (non-hydrogen) atoms. The van der Waals surface area contributed by atoms with Gasteiger partial charge in [-0.05, 0) is 30.5 Å². The number of methoxy groups -OCH3 is 1. The van der Waals surface area contributed by atoms with Crippen LogP contribution in [-0.2, 0) is 0 Å². The molecule has 1 aromatic rings. The topological polar surface area (TPSA) is 9.23 Å². The Bertz CT molecular complexity index is 461. The maximum atomic E-state index is 6.10. The molecule has 1 nitrogen and oxygen atoms in total. The van der Waals surface area contributed by atoms with Crippen molar-refractivity contribution in [3.8, 4) is 5.75 Å². The Morgan fingerprint density at radius 2 is 2.06 bits per heavy atom. The number of halogens is 2. The molecule has 0 bridgehead atoms. The zero-order valence-electron chi connectivity index (χ0n) is 8.84. The van der Waals surface area contributed by atoms with Crippen molar-refractivity contribution in [3.05, 3.63) is 52.4 Å². The van der Waals surface area contributed by atoms with Crippen LogP contribution in [0.25, 0.3) is 5.57 Å². The second kappa shape index (κ2) is 4.94. The lowest BCUT2D eigenvalue weighted by molar-refractivity contribution is 0.414. The van der Waals surface area contributed by atoms with Crippen LogP contribution in [0, 0.1) is 6.42 Å². The van der Waals surface area contributed by atoms with Crippen LogP contribution < -0.4 is 4.74 Å². The van der Waals surface area contributed by atoms with Gasteiger partial charge in [0.2, 0.25) is 0 Å². The van der Waals surface area contributed by atoms with E-state index in [4.69, 9.17) is 27.9 Å². The average molecular weight is 254 g/mol. The fourth-order valence-corrected chi connectivity index (χ4v) is 2.06. The molecule has 2 rings (SSSR count). The smallest absolute Gasteiger partial charge is 0.146 e. The quantitative estimate of drug-likeness (QED) is 0.752. The van der Waals surface area contributed by atoms with Crippen molar-refractivity contribution < 1.29 is 4.74 Å². The van der Waals surface area contributed by atoms with E-state index < -0.39 is 0 Å². The Morgan fingerprint density at radius 3 is 2.69 bits per heavy atom. The van der Waals surface area contributed by atoms with Crippen LogP contribution >= 0.6 is 23.2 Å². The van der Waals surface area contributed by atoms with Crippen LogP contribution in [0.15, 0.2) is 30.4 Å². The Kier molecular flexibility index (Phi) is 3.57. The molecule has 0 aromatic heterocycles. The second-order valence-electron chi connectivity index (χ2n) is 3.43. The van der Waals surface area contributed by atoms with Gasteiger partial charge in [0.1, 0.15) is 10.8 Å². The van der Waals surface area contributed by atoms with E-state index in [1.807, 2.05) is 18.2 Å². The van der Waals surface area contributed by atoms with Crippen molar-refractivity contribution in [1.82, 2.24) is 0 Å². The van der Waals surface area contributed by atoms with Gasteiger partial charge in [0.05, 0.1) is 12.1 Å². The van der Waals surface area contributed by atoms with Gasteiger partial charge in [-0.1, -0.05) is 41.4 Å². The number of hydrogen-bond acceptors (Lipinski definition) is 1. The number of rotatable bonds is 2. The summed E-state index contributed by atoms with van der Waals surface area (Å²) in [5.74, 6) is 0.631. The van der Waals surface area contributed by atoms with Gasteiger partial charge in [-0.15, -0.1) is 0 Å². The minimum absolute atomic E-state index is 0.463. The van der Waals surface area contributed by atoms with Gasteiger partial charge < -0.3 is 4.74 Å². The normalized spacial score (nSPS) is 14.8. The third kappa shape index (κ3) is 2.11. The third-order valence-electron chi connectivity index (χ3n) is 2.45. The first kappa shape index (κ1) is 11.6. The van der Waals surface area contributed by atoms with Crippen molar-refractivity contribution >= 4 is 28.8 Å². The van der Waals surface area contributed by atoms with Crippen molar-refractivity contribution in [2.45, 2.75) is 6.42 Å². The van der Waals surface area contributed by atoms with Gasteiger partial charge in [0.25, 0.3) is 0 Å². The molecule has 0 fully saturated rings. The monoisotopic (exact) mass is 253 g/mol. The molecule has 0 heterocycles. The molecule has 0 spiro atoms. The highest BCUT2D eigenvalue weighted by molar-refractivity contribution is 6.43. The first-order valence-electron chi connectivity index (χ1n) is 4.96. The Labute approximate surface area is 105 Å². The summed E-state index contributed by atoms with van der Waals surface area (Å²) in [6.45, 7) is 0. The molecule has 1 aliphatic carbocycles. The summed E-state index contributed by atoms with van der Waals surface area (Å²) < 4.78 is 5.31. The van der Waals surface area contributed by atoms with E-state index in [2.05, 4.69) is 12.5 Å².